The van der Waals surface area contributed by atoms with Crippen LogP contribution in [0.3, 0.4) is 0 Å². The number of benzene rings is 1. The van der Waals surface area contributed by atoms with Gasteiger partial charge in [-0.05, 0) is 37.3 Å². The summed E-state index contributed by atoms with van der Waals surface area (Å²) in [6.45, 7) is 2.16. The second kappa shape index (κ2) is 5.94. The van der Waals surface area contributed by atoms with Crippen LogP contribution in [-0.4, -0.2) is 8.42 Å². The lowest BCUT2D eigenvalue weighted by Gasteiger charge is -2.07. The van der Waals surface area contributed by atoms with Crippen LogP contribution in [0.25, 0.3) is 0 Å². The lowest BCUT2D eigenvalue weighted by molar-refractivity contribution is 0.582. The fourth-order valence-electron chi connectivity index (χ4n) is 1.60. The Labute approximate surface area is 126 Å². The molecule has 0 fully saturated rings. The van der Waals surface area contributed by atoms with Gasteiger partial charge in [-0.3, -0.25) is 0 Å². The first-order valence-electron chi connectivity index (χ1n) is 5.67. The zero-order valence-corrected chi connectivity index (χ0v) is 12.9. The van der Waals surface area contributed by atoms with Gasteiger partial charge in [-0.15, -0.1) is 11.3 Å². The zero-order valence-electron chi connectivity index (χ0n) is 10.6. The highest BCUT2D eigenvalue weighted by Gasteiger charge is 2.18. The minimum atomic E-state index is -3.74. The molecule has 0 bridgehead atoms. The molecule has 0 aliphatic rings. The van der Waals surface area contributed by atoms with Crippen molar-refractivity contribution < 1.29 is 8.42 Å². The number of nitrogens with one attached hydrogen (secondary N) is 1. The number of halogens is 1. The molecule has 2 aromatic rings. The Morgan fingerprint density at radius 3 is 2.70 bits per heavy atom. The number of rotatable bonds is 4. The molecule has 0 radical (unpaired) electrons. The lowest BCUT2D eigenvalue weighted by Crippen LogP contribution is -2.23. The fraction of sp³-hybridized carbons (Fsp3) is 0.154. The third kappa shape index (κ3) is 3.38. The number of hydrogen-bond acceptors (Lipinski definition) is 4. The van der Waals surface area contributed by atoms with E-state index in [1.54, 1.807) is 0 Å². The summed E-state index contributed by atoms with van der Waals surface area (Å²) in [6, 6.07) is 9.85. The fourth-order valence-corrected chi connectivity index (χ4v) is 4.05. The minimum Gasteiger partial charge on any atom is -0.207 e. The van der Waals surface area contributed by atoms with E-state index in [4.69, 9.17) is 16.9 Å². The van der Waals surface area contributed by atoms with Gasteiger partial charge < -0.3 is 0 Å². The van der Waals surface area contributed by atoms with Crippen molar-refractivity contribution in [3.63, 3.8) is 0 Å². The number of hydrogen-bond donors (Lipinski definition) is 1. The van der Waals surface area contributed by atoms with Gasteiger partial charge in [-0.1, -0.05) is 11.6 Å². The predicted molar refractivity (Wildman–Crippen MR) is 79.2 cm³/mol. The summed E-state index contributed by atoms with van der Waals surface area (Å²) in [7, 11) is -3.74. The summed E-state index contributed by atoms with van der Waals surface area (Å²) in [5.41, 5.74) is 0.252. The molecule has 0 amide bonds. The van der Waals surface area contributed by atoms with E-state index in [1.807, 2.05) is 25.1 Å². The second-order valence-electron chi connectivity index (χ2n) is 4.09. The molecule has 4 nitrogen and oxygen atoms in total. The van der Waals surface area contributed by atoms with Crippen LogP contribution in [0.2, 0.25) is 5.02 Å². The SMILES string of the molecule is Cc1ccc(CNS(=O)(=O)c2cc(C#N)ccc2Cl)s1. The van der Waals surface area contributed by atoms with E-state index < -0.39 is 10.0 Å². The van der Waals surface area contributed by atoms with Gasteiger partial charge >= 0.3 is 0 Å². The zero-order chi connectivity index (χ0) is 14.8. The van der Waals surface area contributed by atoms with Crippen molar-refractivity contribution in [1.82, 2.24) is 4.72 Å². The van der Waals surface area contributed by atoms with Crippen LogP contribution in [0.4, 0.5) is 0 Å². The third-order valence-corrected chi connectivity index (χ3v) is 5.47. The van der Waals surface area contributed by atoms with Crippen molar-refractivity contribution in [2.24, 2.45) is 0 Å². The van der Waals surface area contributed by atoms with Crippen LogP contribution in [-0.2, 0) is 16.6 Å². The second-order valence-corrected chi connectivity index (χ2v) is 7.61. The van der Waals surface area contributed by atoms with Crippen LogP contribution >= 0.6 is 22.9 Å². The highest BCUT2D eigenvalue weighted by atomic mass is 35.5. The van der Waals surface area contributed by atoms with Gasteiger partial charge in [-0.25, -0.2) is 13.1 Å². The van der Waals surface area contributed by atoms with E-state index in [9.17, 15) is 8.42 Å². The number of nitriles is 1. The number of nitrogens with zero attached hydrogens (tertiary/aromatic N) is 1. The maximum absolute atomic E-state index is 12.2. The highest BCUT2D eigenvalue weighted by Crippen LogP contribution is 2.23. The van der Waals surface area contributed by atoms with Crippen molar-refractivity contribution in [3.8, 4) is 6.07 Å². The third-order valence-electron chi connectivity index (χ3n) is 2.58. The molecular formula is C13H11ClN2O2S2. The molecule has 104 valence electrons. The number of sulfonamides is 1. The average molecular weight is 327 g/mol. The predicted octanol–water partition coefficient (Wildman–Crippen LogP) is 3.06. The topological polar surface area (TPSA) is 70.0 Å². The summed E-state index contributed by atoms with van der Waals surface area (Å²) in [6.07, 6.45) is 0. The first kappa shape index (κ1) is 15.0. The summed E-state index contributed by atoms with van der Waals surface area (Å²) in [4.78, 5) is 1.95. The van der Waals surface area contributed by atoms with Crippen LogP contribution in [0, 0.1) is 18.3 Å². The monoisotopic (exact) mass is 326 g/mol. The Morgan fingerprint density at radius 1 is 1.35 bits per heavy atom. The van der Waals surface area contributed by atoms with Crippen molar-refractivity contribution in [2.45, 2.75) is 18.4 Å². The number of aryl methyl sites for hydroxylation is 1. The van der Waals surface area contributed by atoms with E-state index in [-0.39, 0.29) is 22.0 Å². The Hall–Kier alpha value is -1.39. The van der Waals surface area contributed by atoms with Crippen LogP contribution in [0.5, 0.6) is 0 Å². The summed E-state index contributed by atoms with van der Waals surface area (Å²) >= 11 is 7.42. The van der Waals surface area contributed by atoms with Crippen molar-refractivity contribution in [3.05, 3.63) is 50.7 Å². The minimum absolute atomic E-state index is 0.0773. The van der Waals surface area contributed by atoms with Gasteiger partial charge in [0.2, 0.25) is 10.0 Å². The molecule has 0 aliphatic carbocycles. The maximum Gasteiger partial charge on any atom is 0.242 e. The molecule has 0 atom stereocenters. The Bertz CT molecular complexity index is 776. The van der Waals surface area contributed by atoms with Crippen molar-refractivity contribution >= 4 is 33.0 Å². The summed E-state index contributed by atoms with van der Waals surface area (Å²) in [5.74, 6) is 0. The van der Waals surface area contributed by atoms with E-state index in [2.05, 4.69) is 4.72 Å². The molecule has 0 unspecified atom stereocenters. The first-order valence-corrected chi connectivity index (χ1v) is 8.35. The van der Waals surface area contributed by atoms with E-state index in [1.165, 1.54) is 29.5 Å². The molecule has 0 aliphatic heterocycles. The Kier molecular flexibility index (Phi) is 4.45. The summed E-state index contributed by atoms with van der Waals surface area (Å²) in [5, 5.41) is 8.92. The van der Waals surface area contributed by atoms with Gasteiger partial charge in [0.1, 0.15) is 4.90 Å². The van der Waals surface area contributed by atoms with E-state index >= 15 is 0 Å². The first-order chi connectivity index (χ1) is 9.42. The van der Waals surface area contributed by atoms with E-state index in [0.29, 0.717) is 0 Å². The maximum atomic E-state index is 12.2. The normalized spacial score (nSPS) is 11.2. The molecule has 20 heavy (non-hydrogen) atoms. The molecule has 1 heterocycles. The van der Waals surface area contributed by atoms with Crippen LogP contribution in [0.1, 0.15) is 15.3 Å². The highest BCUT2D eigenvalue weighted by molar-refractivity contribution is 7.89. The molecule has 1 aromatic carbocycles. The largest absolute Gasteiger partial charge is 0.242 e. The molecular weight excluding hydrogens is 316 g/mol. The molecule has 7 heteroatoms. The molecule has 0 saturated carbocycles. The standard InChI is InChI=1S/C13H11ClN2O2S2/c1-9-2-4-11(19-9)8-16-20(17,18)13-6-10(7-15)3-5-12(13)14/h2-6,16H,8H2,1H3. The smallest absolute Gasteiger partial charge is 0.207 e. The number of thiophene rings is 1. The molecule has 0 spiro atoms. The van der Waals surface area contributed by atoms with Crippen LogP contribution in [0.15, 0.2) is 35.2 Å². The van der Waals surface area contributed by atoms with Crippen molar-refractivity contribution in [1.29, 1.82) is 5.26 Å². The van der Waals surface area contributed by atoms with Gasteiger partial charge in [0.25, 0.3) is 0 Å². The Morgan fingerprint density at radius 2 is 2.10 bits per heavy atom. The van der Waals surface area contributed by atoms with Gasteiger partial charge in [-0.2, -0.15) is 5.26 Å². The van der Waals surface area contributed by atoms with Gasteiger partial charge in [0.15, 0.2) is 0 Å². The summed E-state index contributed by atoms with van der Waals surface area (Å²) < 4.78 is 26.9. The van der Waals surface area contributed by atoms with Gasteiger partial charge in [0, 0.05) is 16.3 Å². The quantitative estimate of drug-likeness (QED) is 0.938. The van der Waals surface area contributed by atoms with Crippen LogP contribution < -0.4 is 4.72 Å². The van der Waals surface area contributed by atoms with Crippen molar-refractivity contribution in [2.75, 3.05) is 0 Å². The lowest BCUT2D eigenvalue weighted by atomic mass is 10.2. The average Bonchev–Trinajstić information content (AvgIpc) is 2.83. The molecule has 0 saturated heterocycles. The molecule has 1 aromatic heterocycles. The van der Waals surface area contributed by atoms with Gasteiger partial charge in [0.05, 0.1) is 16.7 Å². The Balaban J connectivity index is 2.24. The molecule has 2 rings (SSSR count). The van der Waals surface area contributed by atoms with E-state index in [0.717, 1.165) is 9.75 Å². The molecule has 1 N–H and O–H groups in total.